The van der Waals surface area contributed by atoms with Crippen LogP contribution < -0.4 is 10.6 Å². The summed E-state index contributed by atoms with van der Waals surface area (Å²) < 4.78 is 0. The fraction of sp³-hybridized carbons (Fsp3) is 0.600. The fourth-order valence-corrected chi connectivity index (χ4v) is 3.81. The Hall–Kier alpha value is -1.40. The van der Waals surface area contributed by atoms with Crippen LogP contribution in [0.25, 0.3) is 10.2 Å². The maximum Gasteiger partial charge on any atom is 0.223 e. The number of anilines is 2. The van der Waals surface area contributed by atoms with E-state index in [1.54, 1.807) is 11.3 Å². The Kier molecular flexibility index (Phi) is 3.99. The Labute approximate surface area is 129 Å². The van der Waals surface area contributed by atoms with Crippen LogP contribution in [-0.4, -0.2) is 47.1 Å². The smallest absolute Gasteiger partial charge is 0.223 e. The summed E-state index contributed by atoms with van der Waals surface area (Å²) in [5, 5.41) is 1.16. The zero-order valence-corrected chi connectivity index (χ0v) is 13.8. The molecule has 114 valence electrons. The topological polar surface area (TPSA) is 58.3 Å². The lowest BCUT2D eigenvalue weighted by atomic mass is 10.2. The van der Waals surface area contributed by atoms with Crippen LogP contribution in [0.5, 0.6) is 0 Å². The zero-order chi connectivity index (χ0) is 15.0. The van der Waals surface area contributed by atoms with Crippen molar-refractivity contribution in [1.82, 2.24) is 14.9 Å². The van der Waals surface area contributed by atoms with Crippen LogP contribution in [0.15, 0.2) is 6.07 Å². The van der Waals surface area contributed by atoms with E-state index in [1.807, 2.05) is 0 Å². The number of nitrogen functional groups attached to an aromatic ring is 1. The quantitative estimate of drug-likeness (QED) is 0.943. The third-order valence-electron chi connectivity index (χ3n) is 4.13. The third-order valence-corrected chi connectivity index (χ3v) is 5.31. The minimum Gasteiger partial charge on any atom is -0.368 e. The molecule has 0 amide bonds. The molecule has 3 rings (SSSR count). The monoisotopic (exact) mass is 305 g/mol. The minimum absolute atomic E-state index is 0.383. The molecule has 5 nitrogen and oxygen atoms in total. The number of nitrogens with two attached hydrogens (primary N) is 1. The Bertz CT molecular complexity index is 628. The Morgan fingerprint density at radius 3 is 2.57 bits per heavy atom. The van der Waals surface area contributed by atoms with E-state index in [4.69, 9.17) is 5.73 Å². The second kappa shape index (κ2) is 5.77. The summed E-state index contributed by atoms with van der Waals surface area (Å²) in [5.74, 6) is 1.39. The number of hydrogen-bond donors (Lipinski definition) is 1. The van der Waals surface area contributed by atoms with Crippen molar-refractivity contribution < 1.29 is 0 Å². The maximum atomic E-state index is 5.90. The average Bonchev–Trinajstić information content (AvgIpc) is 2.89. The molecule has 2 aromatic heterocycles. The summed E-state index contributed by atoms with van der Waals surface area (Å²) >= 11 is 1.73. The highest BCUT2D eigenvalue weighted by molar-refractivity contribution is 7.18. The van der Waals surface area contributed by atoms with E-state index in [1.165, 1.54) is 4.88 Å². The number of aryl methyl sites for hydroxylation is 1. The van der Waals surface area contributed by atoms with Crippen LogP contribution in [0.1, 0.15) is 25.6 Å². The molecule has 3 heterocycles. The van der Waals surface area contributed by atoms with E-state index in [-0.39, 0.29) is 0 Å². The predicted molar refractivity (Wildman–Crippen MR) is 90.1 cm³/mol. The van der Waals surface area contributed by atoms with Crippen molar-refractivity contribution in [1.29, 1.82) is 0 Å². The van der Waals surface area contributed by atoms with Gasteiger partial charge in [-0.15, -0.1) is 11.3 Å². The number of nitrogens with zero attached hydrogens (tertiary/aromatic N) is 4. The van der Waals surface area contributed by atoms with Gasteiger partial charge in [-0.2, -0.15) is 4.98 Å². The normalized spacial score (nSPS) is 17.0. The SMILES string of the molecule is CCc1cc2c(N3CCN(C(C)C)CC3)nc(N)nc2s1. The first-order valence-electron chi connectivity index (χ1n) is 7.63. The van der Waals surface area contributed by atoms with Gasteiger partial charge in [0.1, 0.15) is 10.6 Å². The molecule has 21 heavy (non-hydrogen) atoms. The molecule has 0 radical (unpaired) electrons. The van der Waals surface area contributed by atoms with Gasteiger partial charge in [0.2, 0.25) is 5.95 Å². The highest BCUT2D eigenvalue weighted by atomic mass is 32.1. The lowest BCUT2D eigenvalue weighted by Gasteiger charge is -2.37. The number of thiophene rings is 1. The molecule has 1 aliphatic heterocycles. The standard InChI is InChI=1S/C15H23N5S/c1-4-11-9-12-13(17-15(16)18-14(12)21-11)20-7-5-19(6-8-20)10(2)3/h9-10H,4-8H2,1-3H3,(H2,16,17,18). The van der Waals surface area contributed by atoms with E-state index < -0.39 is 0 Å². The Balaban J connectivity index is 1.91. The van der Waals surface area contributed by atoms with Crippen LogP contribution in [0.3, 0.4) is 0 Å². The number of fused-ring (bicyclic) bond motifs is 1. The molecule has 0 aliphatic carbocycles. The molecule has 0 atom stereocenters. The second-order valence-corrected chi connectivity index (χ2v) is 6.92. The van der Waals surface area contributed by atoms with Gasteiger partial charge in [-0.25, -0.2) is 4.98 Å². The lowest BCUT2D eigenvalue weighted by Crippen LogP contribution is -2.49. The molecular formula is C15H23N5S. The molecule has 0 bridgehead atoms. The summed E-state index contributed by atoms with van der Waals surface area (Å²) in [6.45, 7) is 10.8. The molecule has 0 aromatic carbocycles. The molecule has 1 aliphatic rings. The summed E-state index contributed by atoms with van der Waals surface area (Å²) in [4.78, 5) is 16.1. The van der Waals surface area contributed by atoms with Gasteiger partial charge in [-0.3, -0.25) is 4.90 Å². The van der Waals surface area contributed by atoms with E-state index >= 15 is 0 Å². The molecule has 2 N–H and O–H groups in total. The van der Waals surface area contributed by atoms with Crippen LogP contribution in [0.2, 0.25) is 0 Å². The lowest BCUT2D eigenvalue weighted by molar-refractivity contribution is 0.209. The van der Waals surface area contributed by atoms with Gasteiger partial charge in [-0.1, -0.05) is 6.92 Å². The molecular weight excluding hydrogens is 282 g/mol. The molecule has 0 unspecified atom stereocenters. The summed E-state index contributed by atoms with van der Waals surface area (Å²) in [6, 6.07) is 2.83. The van der Waals surface area contributed by atoms with Gasteiger partial charge >= 0.3 is 0 Å². The fourth-order valence-electron chi connectivity index (χ4n) is 2.84. The van der Waals surface area contributed by atoms with Crippen molar-refractivity contribution in [2.24, 2.45) is 0 Å². The first kappa shape index (κ1) is 14.5. The first-order chi connectivity index (χ1) is 10.1. The van der Waals surface area contributed by atoms with E-state index in [0.29, 0.717) is 12.0 Å². The van der Waals surface area contributed by atoms with E-state index in [9.17, 15) is 0 Å². The van der Waals surface area contributed by atoms with Crippen LogP contribution in [0, 0.1) is 0 Å². The number of piperazine rings is 1. The van der Waals surface area contributed by atoms with Crippen molar-refractivity contribution in [3.8, 4) is 0 Å². The highest BCUT2D eigenvalue weighted by Crippen LogP contribution is 2.32. The van der Waals surface area contributed by atoms with Crippen molar-refractivity contribution in [2.45, 2.75) is 33.2 Å². The molecule has 6 heteroatoms. The van der Waals surface area contributed by atoms with Crippen molar-refractivity contribution in [3.05, 3.63) is 10.9 Å². The zero-order valence-electron chi connectivity index (χ0n) is 13.0. The van der Waals surface area contributed by atoms with Crippen LogP contribution >= 0.6 is 11.3 Å². The minimum atomic E-state index is 0.383. The maximum absolute atomic E-state index is 5.90. The predicted octanol–water partition coefficient (Wildman–Crippen LogP) is 2.37. The van der Waals surface area contributed by atoms with Gasteiger partial charge in [0, 0.05) is 37.1 Å². The van der Waals surface area contributed by atoms with Gasteiger partial charge in [0.05, 0.1) is 5.39 Å². The molecule has 1 fully saturated rings. The van der Waals surface area contributed by atoms with Crippen molar-refractivity contribution in [2.75, 3.05) is 36.8 Å². The average molecular weight is 305 g/mol. The largest absolute Gasteiger partial charge is 0.368 e. The Morgan fingerprint density at radius 1 is 1.24 bits per heavy atom. The number of aromatic nitrogens is 2. The van der Waals surface area contributed by atoms with Crippen molar-refractivity contribution >= 4 is 33.3 Å². The van der Waals surface area contributed by atoms with E-state index in [2.05, 4.69) is 46.6 Å². The summed E-state index contributed by atoms with van der Waals surface area (Å²) in [5.41, 5.74) is 5.90. The van der Waals surface area contributed by atoms with Crippen molar-refractivity contribution in [3.63, 3.8) is 0 Å². The van der Waals surface area contributed by atoms with Crippen LogP contribution in [0.4, 0.5) is 11.8 Å². The third kappa shape index (κ3) is 2.82. The van der Waals surface area contributed by atoms with Gasteiger partial charge in [0.15, 0.2) is 0 Å². The Morgan fingerprint density at radius 2 is 1.95 bits per heavy atom. The van der Waals surface area contributed by atoms with E-state index in [0.717, 1.165) is 48.6 Å². The van der Waals surface area contributed by atoms with Gasteiger partial charge in [0.25, 0.3) is 0 Å². The molecule has 2 aromatic rings. The van der Waals surface area contributed by atoms with Crippen LogP contribution in [-0.2, 0) is 6.42 Å². The molecule has 0 saturated carbocycles. The van der Waals surface area contributed by atoms with Gasteiger partial charge < -0.3 is 10.6 Å². The summed E-state index contributed by atoms with van der Waals surface area (Å²) in [6.07, 6.45) is 1.03. The second-order valence-electron chi connectivity index (χ2n) is 5.81. The summed E-state index contributed by atoms with van der Waals surface area (Å²) in [7, 11) is 0. The van der Waals surface area contributed by atoms with Gasteiger partial charge in [-0.05, 0) is 26.3 Å². The number of rotatable bonds is 3. The molecule has 1 saturated heterocycles. The number of hydrogen-bond acceptors (Lipinski definition) is 6. The highest BCUT2D eigenvalue weighted by Gasteiger charge is 2.22. The first-order valence-corrected chi connectivity index (χ1v) is 8.45. The molecule has 0 spiro atoms.